The molecule has 0 unspecified atom stereocenters. The molecule has 6 nitrogen and oxygen atoms in total. The van der Waals surface area contributed by atoms with Crippen molar-refractivity contribution in [3.63, 3.8) is 0 Å². The van der Waals surface area contributed by atoms with Gasteiger partial charge in [0.1, 0.15) is 5.02 Å². The van der Waals surface area contributed by atoms with E-state index in [1.54, 1.807) is 12.1 Å². The average Bonchev–Trinajstić information content (AvgIpc) is 3.18. The molecule has 0 fully saturated rings. The van der Waals surface area contributed by atoms with E-state index in [1.807, 2.05) is 26.2 Å². The molecular weight excluding hydrogens is 424 g/mol. The Balaban J connectivity index is 1.64. The van der Waals surface area contributed by atoms with E-state index in [0.29, 0.717) is 0 Å². The molecule has 0 radical (unpaired) electrons. The summed E-state index contributed by atoms with van der Waals surface area (Å²) in [6, 6.07) is 22.1. The van der Waals surface area contributed by atoms with Gasteiger partial charge in [-0.3, -0.25) is 10.1 Å². The Morgan fingerprint density at radius 3 is 2.50 bits per heavy atom. The number of aromatic nitrogens is 1. The second kappa shape index (κ2) is 7.97. The van der Waals surface area contributed by atoms with Gasteiger partial charge in [-0.2, -0.15) is 0 Å². The van der Waals surface area contributed by atoms with Crippen molar-refractivity contribution in [3.8, 4) is 0 Å². The van der Waals surface area contributed by atoms with Gasteiger partial charge in [0.05, 0.1) is 23.1 Å². The monoisotopic (exact) mass is 447 g/mol. The summed E-state index contributed by atoms with van der Waals surface area (Å²) >= 11 is 6.07. The minimum atomic E-state index is -0.421. The maximum Gasteiger partial charge on any atom is 0.288 e. The third-order valence-corrected chi connectivity index (χ3v) is 6.70. The molecule has 0 saturated heterocycles. The number of nitrogens with two attached hydrogens (primary N) is 1. The van der Waals surface area contributed by atoms with Crippen LogP contribution < -0.4 is 10.2 Å². The smallest absolute Gasteiger partial charge is 0.288 e. The topological polar surface area (TPSA) is 78.8 Å². The van der Waals surface area contributed by atoms with E-state index < -0.39 is 4.92 Å². The highest BCUT2D eigenvalue weighted by molar-refractivity contribution is 6.32. The number of hydrogen-bond donors (Lipinski definition) is 2. The van der Waals surface area contributed by atoms with Crippen LogP contribution in [0.2, 0.25) is 5.02 Å². The molecule has 0 spiro atoms. The molecule has 4 aromatic rings. The number of rotatable bonds is 4. The Hall–Kier alpha value is -3.35. The highest BCUT2D eigenvalue weighted by atomic mass is 35.5. The van der Waals surface area contributed by atoms with Crippen LogP contribution in [0.25, 0.3) is 10.9 Å². The van der Waals surface area contributed by atoms with E-state index in [0.717, 1.165) is 23.3 Å². The third-order valence-electron chi connectivity index (χ3n) is 6.38. The van der Waals surface area contributed by atoms with Gasteiger partial charge in [0.25, 0.3) is 5.69 Å². The molecular formula is C25H24ClN4O2+. The van der Waals surface area contributed by atoms with Gasteiger partial charge in [-0.25, -0.2) is 0 Å². The number of para-hydroxylation sites is 1. The quantitative estimate of drug-likeness (QED) is 0.354. The fourth-order valence-corrected chi connectivity index (χ4v) is 4.97. The fraction of sp³-hybridized carbons (Fsp3) is 0.200. The van der Waals surface area contributed by atoms with E-state index in [2.05, 4.69) is 57.7 Å². The number of halogens is 1. The number of quaternary nitrogens is 1. The van der Waals surface area contributed by atoms with Crippen molar-refractivity contribution < 1.29 is 10.2 Å². The van der Waals surface area contributed by atoms with Crippen molar-refractivity contribution >= 4 is 33.9 Å². The van der Waals surface area contributed by atoms with Gasteiger partial charge in [-0.15, -0.1) is 0 Å². The highest BCUT2D eigenvalue weighted by Crippen LogP contribution is 2.40. The summed E-state index contributed by atoms with van der Waals surface area (Å²) in [6.07, 6.45) is 0. The number of H-pyrrole nitrogens is 1. The first-order chi connectivity index (χ1) is 15.4. The molecule has 2 atom stereocenters. The number of nitro groups is 1. The third kappa shape index (κ3) is 3.42. The zero-order valence-electron chi connectivity index (χ0n) is 17.9. The lowest BCUT2D eigenvalue weighted by Gasteiger charge is -2.28. The maximum atomic E-state index is 11.5. The molecule has 1 aromatic heterocycles. The lowest BCUT2D eigenvalue weighted by atomic mass is 9.83. The Morgan fingerprint density at radius 2 is 1.78 bits per heavy atom. The summed E-state index contributed by atoms with van der Waals surface area (Å²) in [5.74, 6) is 0.218. The van der Waals surface area contributed by atoms with Crippen LogP contribution in [0.1, 0.15) is 34.3 Å². The minimum Gasteiger partial charge on any atom is -0.378 e. The first-order valence-electron chi connectivity index (χ1n) is 10.6. The highest BCUT2D eigenvalue weighted by Gasteiger charge is 2.36. The van der Waals surface area contributed by atoms with Crippen molar-refractivity contribution in [1.29, 1.82) is 0 Å². The molecule has 162 valence electrons. The summed E-state index contributed by atoms with van der Waals surface area (Å²) in [5.41, 5.74) is 6.68. The molecule has 32 heavy (non-hydrogen) atoms. The minimum absolute atomic E-state index is 0.0587. The fourth-order valence-electron chi connectivity index (χ4n) is 4.79. The van der Waals surface area contributed by atoms with Crippen LogP contribution in [0.15, 0.2) is 66.7 Å². The Kier molecular flexibility index (Phi) is 5.12. The predicted molar refractivity (Wildman–Crippen MR) is 128 cm³/mol. The largest absolute Gasteiger partial charge is 0.378 e. The van der Waals surface area contributed by atoms with Crippen molar-refractivity contribution in [2.24, 2.45) is 0 Å². The summed E-state index contributed by atoms with van der Waals surface area (Å²) in [6.45, 7) is 0.844. The second-order valence-electron chi connectivity index (χ2n) is 8.45. The molecule has 0 saturated carbocycles. The number of fused-ring (bicyclic) bond motifs is 3. The van der Waals surface area contributed by atoms with E-state index in [4.69, 9.17) is 11.6 Å². The molecule has 5 rings (SSSR count). The van der Waals surface area contributed by atoms with Crippen molar-refractivity contribution in [1.82, 2.24) is 4.98 Å². The van der Waals surface area contributed by atoms with Crippen LogP contribution in [-0.4, -0.2) is 30.5 Å². The lowest BCUT2D eigenvalue weighted by molar-refractivity contribution is -0.692. The summed E-state index contributed by atoms with van der Waals surface area (Å²) in [4.78, 5) is 16.7. The number of nitrogens with one attached hydrogen (secondary N) is 1. The lowest BCUT2D eigenvalue weighted by Crippen LogP contribution is -2.88. The zero-order chi connectivity index (χ0) is 22.4. The van der Waals surface area contributed by atoms with Gasteiger partial charge >= 0.3 is 0 Å². The van der Waals surface area contributed by atoms with Gasteiger partial charge in [0, 0.05) is 47.9 Å². The number of anilines is 1. The van der Waals surface area contributed by atoms with Crippen LogP contribution in [-0.2, 0) is 0 Å². The molecule has 3 aromatic carbocycles. The van der Waals surface area contributed by atoms with Crippen LogP contribution in [0.5, 0.6) is 0 Å². The van der Waals surface area contributed by atoms with E-state index in [1.165, 1.54) is 22.2 Å². The Morgan fingerprint density at radius 1 is 1.06 bits per heavy atom. The Bertz CT molecular complexity index is 1310. The molecule has 1 aliphatic rings. The second-order valence-corrected chi connectivity index (χ2v) is 8.86. The zero-order valence-corrected chi connectivity index (χ0v) is 18.6. The van der Waals surface area contributed by atoms with Gasteiger partial charge in [0.2, 0.25) is 0 Å². The van der Waals surface area contributed by atoms with Gasteiger partial charge < -0.3 is 15.2 Å². The standard InChI is InChI=1S/C25H23ClN4O2/c1-29(2)17-10-7-15(8-11-17)19-14-27-24(16-9-12-20(26)22(13-16)30(31)32)25-23(19)18-5-3-4-6-21(18)28-25/h3-13,19,24,27-28H,14H2,1-2H3/p+1/t19-,24+/m1/s1. The van der Waals surface area contributed by atoms with Crippen LogP contribution in [0.4, 0.5) is 11.4 Å². The average molecular weight is 448 g/mol. The number of nitrogens with zero attached hydrogens (tertiary/aromatic N) is 2. The van der Waals surface area contributed by atoms with Crippen LogP contribution in [0, 0.1) is 10.1 Å². The molecule has 0 amide bonds. The predicted octanol–water partition coefficient (Wildman–Crippen LogP) is 4.59. The number of nitro benzene ring substituents is 1. The molecule has 7 heteroatoms. The maximum absolute atomic E-state index is 11.5. The Labute approximate surface area is 191 Å². The molecule has 2 heterocycles. The number of benzene rings is 3. The van der Waals surface area contributed by atoms with E-state index >= 15 is 0 Å². The van der Waals surface area contributed by atoms with Crippen LogP contribution in [0.3, 0.4) is 0 Å². The number of aromatic amines is 1. The van der Waals surface area contributed by atoms with Gasteiger partial charge in [-0.1, -0.05) is 48.0 Å². The van der Waals surface area contributed by atoms with Gasteiger partial charge in [-0.05, 0) is 29.8 Å². The summed E-state index contributed by atoms with van der Waals surface area (Å²) in [7, 11) is 4.08. The van der Waals surface area contributed by atoms with Crippen molar-refractivity contribution in [3.05, 3.63) is 104 Å². The summed E-state index contributed by atoms with van der Waals surface area (Å²) in [5, 5.41) is 15.1. The molecule has 0 bridgehead atoms. The SMILES string of the molecule is CN(C)c1ccc([C@H]2C[NH2+][C@@H](c3ccc(Cl)c([N+](=O)[O-])c3)c3[nH]c4ccccc4c32)cc1. The number of hydrogen-bond acceptors (Lipinski definition) is 3. The molecule has 3 N–H and O–H groups in total. The van der Waals surface area contributed by atoms with E-state index in [9.17, 15) is 10.1 Å². The molecule has 0 aliphatic carbocycles. The van der Waals surface area contributed by atoms with Crippen molar-refractivity contribution in [2.75, 3.05) is 25.5 Å². The normalized spacial score (nSPS) is 17.8. The van der Waals surface area contributed by atoms with Gasteiger partial charge in [0.15, 0.2) is 6.04 Å². The van der Waals surface area contributed by atoms with Crippen LogP contribution >= 0.6 is 11.6 Å². The first-order valence-corrected chi connectivity index (χ1v) is 11.0. The first kappa shape index (κ1) is 20.5. The van der Waals surface area contributed by atoms with E-state index in [-0.39, 0.29) is 22.7 Å². The molecule has 1 aliphatic heterocycles. The van der Waals surface area contributed by atoms with Crippen molar-refractivity contribution in [2.45, 2.75) is 12.0 Å². The summed E-state index contributed by atoms with van der Waals surface area (Å²) < 4.78 is 0.